The number of ether oxygens (including phenoxy) is 1. The summed E-state index contributed by atoms with van der Waals surface area (Å²) in [5, 5.41) is 12.4. The molecule has 0 fully saturated rings. The highest BCUT2D eigenvalue weighted by Crippen LogP contribution is 2.24. The van der Waals surface area contributed by atoms with Gasteiger partial charge in [-0.25, -0.2) is 0 Å². The monoisotopic (exact) mass is 458 g/mol. The number of amides is 1. The molecule has 4 aromatic rings. The van der Waals surface area contributed by atoms with Gasteiger partial charge in [0.1, 0.15) is 11.6 Å². The smallest absolute Gasteiger partial charge is 0.230 e. The van der Waals surface area contributed by atoms with E-state index in [1.54, 1.807) is 7.11 Å². The molecule has 6 nitrogen and oxygen atoms in total. The summed E-state index contributed by atoms with van der Waals surface area (Å²) in [7, 11) is 1.64. The predicted octanol–water partition coefficient (Wildman–Crippen LogP) is 4.78. The van der Waals surface area contributed by atoms with Crippen LogP contribution in [0.2, 0.25) is 0 Å². The molecule has 1 aromatic heterocycles. The lowest BCUT2D eigenvalue weighted by molar-refractivity contribution is -0.119. The largest absolute Gasteiger partial charge is 0.497 e. The van der Waals surface area contributed by atoms with Crippen molar-refractivity contribution in [3.63, 3.8) is 0 Å². The molecule has 0 spiro atoms. The number of hydrogen-bond donors (Lipinski definition) is 1. The van der Waals surface area contributed by atoms with Gasteiger partial charge in [0.05, 0.1) is 18.9 Å². The van der Waals surface area contributed by atoms with Gasteiger partial charge < -0.3 is 10.1 Å². The van der Waals surface area contributed by atoms with Crippen molar-refractivity contribution in [2.24, 2.45) is 0 Å². The van der Waals surface area contributed by atoms with Gasteiger partial charge in [-0.2, -0.15) is 0 Å². The highest BCUT2D eigenvalue weighted by Gasteiger charge is 2.18. The van der Waals surface area contributed by atoms with Crippen molar-refractivity contribution in [3.8, 4) is 11.4 Å². The van der Waals surface area contributed by atoms with Gasteiger partial charge in [0.2, 0.25) is 5.91 Å². The summed E-state index contributed by atoms with van der Waals surface area (Å²) in [4.78, 5) is 12.9. The van der Waals surface area contributed by atoms with Gasteiger partial charge in [-0.15, -0.1) is 10.2 Å². The van der Waals surface area contributed by atoms with Crippen LogP contribution in [0.1, 0.15) is 23.0 Å². The van der Waals surface area contributed by atoms with Crippen LogP contribution < -0.4 is 10.1 Å². The zero-order valence-corrected chi connectivity index (χ0v) is 19.5. The standard InChI is InChI=1S/C26H26N4O2S/c1-19-28-29-26(30(19)22-13-15-23(32-2)16-14-22)33-18-25(31)27-24(21-11-7-4-8-12-21)17-20-9-5-3-6-10-20/h3-16,24H,17-18H2,1-2H3,(H,27,31). The van der Waals surface area contributed by atoms with Gasteiger partial charge >= 0.3 is 0 Å². The van der Waals surface area contributed by atoms with E-state index < -0.39 is 0 Å². The minimum Gasteiger partial charge on any atom is -0.497 e. The summed E-state index contributed by atoms with van der Waals surface area (Å²) in [5.74, 6) is 1.73. The van der Waals surface area contributed by atoms with Gasteiger partial charge in [-0.1, -0.05) is 72.4 Å². The van der Waals surface area contributed by atoms with Crippen LogP contribution in [-0.2, 0) is 11.2 Å². The van der Waals surface area contributed by atoms with Gasteiger partial charge in [0, 0.05) is 5.69 Å². The molecule has 1 unspecified atom stereocenters. The number of rotatable bonds is 9. The Labute approximate surface area is 198 Å². The summed E-state index contributed by atoms with van der Waals surface area (Å²) in [6.07, 6.45) is 0.725. The summed E-state index contributed by atoms with van der Waals surface area (Å²) >= 11 is 1.37. The third kappa shape index (κ3) is 5.81. The molecule has 1 heterocycles. The molecule has 0 saturated heterocycles. The van der Waals surface area contributed by atoms with Gasteiger partial charge in [0.15, 0.2) is 5.16 Å². The fraction of sp³-hybridized carbons (Fsp3) is 0.192. The van der Waals surface area contributed by atoms with Crippen molar-refractivity contribution in [1.82, 2.24) is 20.1 Å². The topological polar surface area (TPSA) is 69.0 Å². The van der Waals surface area contributed by atoms with Crippen molar-refractivity contribution in [1.29, 1.82) is 0 Å². The number of nitrogens with one attached hydrogen (secondary N) is 1. The normalized spacial score (nSPS) is 11.7. The van der Waals surface area contributed by atoms with E-state index >= 15 is 0 Å². The lowest BCUT2D eigenvalue weighted by atomic mass is 9.99. The molecule has 0 saturated carbocycles. The van der Waals surface area contributed by atoms with E-state index in [0.29, 0.717) is 5.16 Å². The summed E-state index contributed by atoms with van der Waals surface area (Å²) in [5.41, 5.74) is 3.18. The summed E-state index contributed by atoms with van der Waals surface area (Å²) in [6, 6.07) is 27.8. The van der Waals surface area contributed by atoms with Crippen molar-refractivity contribution in [3.05, 3.63) is 102 Å². The Morgan fingerprint density at radius 3 is 2.30 bits per heavy atom. The predicted molar refractivity (Wildman–Crippen MR) is 131 cm³/mol. The molecular formula is C26H26N4O2S. The lowest BCUT2D eigenvalue weighted by Gasteiger charge is -2.19. The third-order valence-electron chi connectivity index (χ3n) is 5.28. The van der Waals surface area contributed by atoms with E-state index in [-0.39, 0.29) is 17.7 Å². The van der Waals surface area contributed by atoms with E-state index in [4.69, 9.17) is 4.74 Å². The Morgan fingerprint density at radius 2 is 1.64 bits per heavy atom. The molecule has 0 aliphatic rings. The van der Waals surface area contributed by atoms with Gasteiger partial charge in [-0.05, 0) is 48.7 Å². The second-order valence-electron chi connectivity index (χ2n) is 7.57. The van der Waals surface area contributed by atoms with Crippen LogP contribution in [0.4, 0.5) is 0 Å². The van der Waals surface area contributed by atoms with E-state index in [0.717, 1.165) is 29.2 Å². The minimum absolute atomic E-state index is 0.0493. The van der Waals surface area contributed by atoms with Gasteiger partial charge in [-0.3, -0.25) is 9.36 Å². The van der Waals surface area contributed by atoms with Crippen LogP contribution in [-0.4, -0.2) is 33.5 Å². The SMILES string of the molecule is COc1ccc(-n2c(C)nnc2SCC(=O)NC(Cc2ccccc2)c2ccccc2)cc1. The number of aromatic nitrogens is 3. The Hall–Kier alpha value is -3.58. The maximum Gasteiger partial charge on any atom is 0.230 e. The third-order valence-corrected chi connectivity index (χ3v) is 6.21. The zero-order chi connectivity index (χ0) is 23.0. The minimum atomic E-state index is -0.108. The van der Waals surface area contributed by atoms with Crippen LogP contribution in [0.25, 0.3) is 5.69 Å². The highest BCUT2D eigenvalue weighted by atomic mass is 32.2. The van der Waals surface area contributed by atoms with Crippen LogP contribution in [0.3, 0.4) is 0 Å². The number of thioether (sulfide) groups is 1. The fourth-order valence-electron chi connectivity index (χ4n) is 3.62. The fourth-order valence-corrected chi connectivity index (χ4v) is 4.43. The number of benzene rings is 3. The average molecular weight is 459 g/mol. The molecule has 4 rings (SSSR count). The van der Waals surface area contributed by atoms with Crippen LogP contribution in [0, 0.1) is 6.92 Å². The maximum atomic E-state index is 12.9. The maximum absolute atomic E-state index is 12.9. The average Bonchev–Trinajstić information content (AvgIpc) is 3.23. The van der Waals surface area contributed by atoms with Crippen molar-refractivity contribution >= 4 is 17.7 Å². The van der Waals surface area contributed by atoms with Crippen molar-refractivity contribution in [2.45, 2.75) is 24.5 Å². The Kier molecular flexibility index (Phi) is 7.42. The van der Waals surface area contributed by atoms with E-state index in [1.807, 2.05) is 84.3 Å². The first-order chi connectivity index (χ1) is 16.1. The number of carbonyl (C=O) groups is 1. The highest BCUT2D eigenvalue weighted by molar-refractivity contribution is 7.99. The summed E-state index contributed by atoms with van der Waals surface area (Å²) < 4.78 is 7.18. The molecule has 0 radical (unpaired) electrons. The molecule has 0 bridgehead atoms. The van der Waals surface area contributed by atoms with E-state index in [2.05, 4.69) is 27.6 Å². The van der Waals surface area contributed by atoms with E-state index in [1.165, 1.54) is 17.3 Å². The van der Waals surface area contributed by atoms with Crippen molar-refractivity contribution < 1.29 is 9.53 Å². The Balaban J connectivity index is 1.45. The zero-order valence-electron chi connectivity index (χ0n) is 18.6. The molecule has 7 heteroatoms. The van der Waals surface area contributed by atoms with Crippen LogP contribution in [0.15, 0.2) is 90.1 Å². The van der Waals surface area contributed by atoms with Gasteiger partial charge in [0.25, 0.3) is 0 Å². The van der Waals surface area contributed by atoms with Crippen LogP contribution in [0.5, 0.6) is 5.75 Å². The number of methoxy groups -OCH3 is 1. The molecule has 0 aliphatic carbocycles. The molecular weight excluding hydrogens is 432 g/mol. The molecule has 168 valence electrons. The van der Waals surface area contributed by atoms with Crippen LogP contribution >= 0.6 is 11.8 Å². The molecule has 3 aromatic carbocycles. The number of hydrogen-bond acceptors (Lipinski definition) is 5. The lowest BCUT2D eigenvalue weighted by Crippen LogP contribution is -2.31. The quantitative estimate of drug-likeness (QED) is 0.366. The summed E-state index contributed by atoms with van der Waals surface area (Å²) in [6.45, 7) is 1.90. The molecule has 1 amide bonds. The number of aryl methyl sites for hydroxylation is 1. The Bertz CT molecular complexity index is 1180. The molecule has 1 atom stereocenters. The second kappa shape index (κ2) is 10.8. The first-order valence-corrected chi connectivity index (χ1v) is 11.7. The second-order valence-corrected chi connectivity index (χ2v) is 8.51. The first-order valence-electron chi connectivity index (χ1n) is 10.7. The first kappa shape index (κ1) is 22.6. The van der Waals surface area contributed by atoms with E-state index in [9.17, 15) is 4.79 Å². The molecule has 0 aliphatic heterocycles. The number of carbonyl (C=O) groups excluding carboxylic acids is 1. The number of nitrogens with zero attached hydrogens (tertiary/aromatic N) is 3. The molecule has 1 N–H and O–H groups in total. The molecule has 33 heavy (non-hydrogen) atoms. The van der Waals surface area contributed by atoms with Crippen molar-refractivity contribution in [2.75, 3.05) is 12.9 Å². The Morgan fingerprint density at radius 1 is 0.970 bits per heavy atom.